The maximum absolute atomic E-state index is 11.5. The lowest BCUT2D eigenvalue weighted by Crippen LogP contribution is -2.18. The van der Waals surface area contributed by atoms with E-state index in [2.05, 4.69) is 26.5 Å². The number of hydrogen-bond donors (Lipinski definition) is 1. The molecule has 0 aromatic heterocycles. The molecule has 0 aliphatic rings. The highest BCUT2D eigenvalue weighted by Gasteiger charge is 2.03. The molecular weight excluding hydrogens is 256 g/mol. The van der Waals surface area contributed by atoms with Crippen LogP contribution in [0.15, 0.2) is 33.8 Å². The molecule has 1 rings (SSSR count). The second-order valence-corrected chi connectivity index (χ2v) is 4.06. The van der Waals surface area contributed by atoms with Crippen molar-refractivity contribution in [2.24, 2.45) is 5.10 Å². The van der Waals surface area contributed by atoms with Crippen molar-refractivity contribution in [3.8, 4) is 0 Å². The van der Waals surface area contributed by atoms with Crippen molar-refractivity contribution in [1.29, 1.82) is 0 Å². The van der Waals surface area contributed by atoms with Crippen molar-refractivity contribution in [2.45, 2.75) is 20.3 Å². The van der Waals surface area contributed by atoms with E-state index >= 15 is 0 Å². The van der Waals surface area contributed by atoms with Crippen LogP contribution >= 0.6 is 15.9 Å². The first-order valence-electron chi connectivity index (χ1n) is 4.72. The molecule has 1 aromatic rings. The summed E-state index contributed by atoms with van der Waals surface area (Å²) in [5, 5.41) is 3.95. The largest absolute Gasteiger partial charge is 0.271 e. The van der Waals surface area contributed by atoms with E-state index in [4.69, 9.17) is 0 Å². The summed E-state index contributed by atoms with van der Waals surface area (Å²) in [6.45, 7) is 3.87. The van der Waals surface area contributed by atoms with Crippen LogP contribution in [0, 0.1) is 0 Å². The van der Waals surface area contributed by atoms with Crippen LogP contribution in [0.5, 0.6) is 0 Å². The van der Waals surface area contributed by atoms with Crippen LogP contribution in [0.1, 0.15) is 30.6 Å². The lowest BCUT2D eigenvalue weighted by molar-refractivity contribution is 0.0954. The van der Waals surface area contributed by atoms with Crippen molar-refractivity contribution >= 4 is 27.5 Å². The Kier molecular flexibility index (Phi) is 4.49. The van der Waals surface area contributed by atoms with Crippen LogP contribution < -0.4 is 5.43 Å². The molecule has 0 aliphatic carbocycles. The molecule has 0 spiro atoms. The Hall–Kier alpha value is -1.16. The van der Waals surface area contributed by atoms with E-state index in [9.17, 15) is 4.79 Å². The predicted octanol–water partition coefficient (Wildman–Crippen LogP) is 2.96. The highest BCUT2D eigenvalue weighted by Crippen LogP contribution is 2.10. The number of hydrazone groups is 1. The van der Waals surface area contributed by atoms with Crippen molar-refractivity contribution in [1.82, 2.24) is 5.43 Å². The van der Waals surface area contributed by atoms with E-state index in [1.165, 1.54) is 0 Å². The van der Waals surface area contributed by atoms with Gasteiger partial charge in [-0.2, -0.15) is 5.10 Å². The van der Waals surface area contributed by atoms with Crippen LogP contribution in [0.4, 0.5) is 0 Å². The molecule has 0 atom stereocenters. The van der Waals surface area contributed by atoms with E-state index < -0.39 is 0 Å². The molecule has 1 amide bonds. The highest BCUT2D eigenvalue weighted by atomic mass is 79.9. The molecule has 0 bridgehead atoms. The lowest BCUT2D eigenvalue weighted by atomic mass is 10.2. The predicted molar refractivity (Wildman–Crippen MR) is 65.0 cm³/mol. The van der Waals surface area contributed by atoms with E-state index in [0.29, 0.717) is 5.56 Å². The Balaban J connectivity index is 2.66. The number of hydrogen-bond acceptors (Lipinski definition) is 2. The molecule has 1 N–H and O–H groups in total. The molecule has 0 aliphatic heterocycles. The molecule has 15 heavy (non-hydrogen) atoms. The third kappa shape index (κ3) is 3.83. The average molecular weight is 269 g/mol. The molecule has 0 fully saturated rings. The van der Waals surface area contributed by atoms with E-state index in [1.807, 2.05) is 26.0 Å². The maximum atomic E-state index is 11.5. The molecule has 0 saturated carbocycles. The minimum atomic E-state index is -0.185. The van der Waals surface area contributed by atoms with Crippen LogP contribution in [-0.2, 0) is 0 Å². The fraction of sp³-hybridized carbons (Fsp3) is 0.273. The lowest BCUT2D eigenvalue weighted by Gasteiger charge is -2.01. The number of rotatable bonds is 3. The monoisotopic (exact) mass is 268 g/mol. The zero-order chi connectivity index (χ0) is 11.3. The zero-order valence-electron chi connectivity index (χ0n) is 8.75. The molecule has 80 valence electrons. The van der Waals surface area contributed by atoms with Crippen molar-refractivity contribution in [3.63, 3.8) is 0 Å². The molecule has 4 heteroatoms. The Morgan fingerprint density at radius 3 is 2.53 bits per heavy atom. The van der Waals surface area contributed by atoms with E-state index in [1.54, 1.807) is 12.1 Å². The van der Waals surface area contributed by atoms with Gasteiger partial charge in [0.25, 0.3) is 5.91 Å². The van der Waals surface area contributed by atoms with Gasteiger partial charge in [0.2, 0.25) is 0 Å². The Morgan fingerprint density at radius 2 is 2.00 bits per heavy atom. The second-order valence-electron chi connectivity index (χ2n) is 3.15. The topological polar surface area (TPSA) is 41.5 Å². The summed E-state index contributed by atoms with van der Waals surface area (Å²) in [4.78, 5) is 11.5. The van der Waals surface area contributed by atoms with Crippen LogP contribution in [0.2, 0.25) is 0 Å². The van der Waals surface area contributed by atoms with Gasteiger partial charge in [-0.3, -0.25) is 4.79 Å². The van der Waals surface area contributed by atoms with Crippen molar-refractivity contribution in [3.05, 3.63) is 34.3 Å². The first kappa shape index (κ1) is 11.9. The summed E-state index contributed by atoms with van der Waals surface area (Å²) in [6, 6.07) is 7.14. The van der Waals surface area contributed by atoms with Crippen LogP contribution in [0.25, 0.3) is 0 Å². The van der Waals surface area contributed by atoms with Crippen LogP contribution in [-0.4, -0.2) is 11.6 Å². The SMILES string of the molecule is CCC(C)=NNC(=O)c1ccc(Br)cc1. The fourth-order valence-corrected chi connectivity index (χ4v) is 1.16. The van der Waals surface area contributed by atoms with Crippen molar-refractivity contribution in [2.75, 3.05) is 0 Å². The summed E-state index contributed by atoms with van der Waals surface area (Å²) in [6.07, 6.45) is 0.834. The Morgan fingerprint density at radius 1 is 1.40 bits per heavy atom. The minimum absolute atomic E-state index is 0.185. The van der Waals surface area contributed by atoms with Gasteiger partial charge < -0.3 is 0 Å². The summed E-state index contributed by atoms with van der Waals surface area (Å²) in [7, 11) is 0. The summed E-state index contributed by atoms with van der Waals surface area (Å²) < 4.78 is 0.951. The fourth-order valence-electron chi connectivity index (χ4n) is 0.891. The number of benzene rings is 1. The number of amides is 1. The Bertz CT molecular complexity index is 371. The summed E-state index contributed by atoms with van der Waals surface area (Å²) in [5.74, 6) is -0.185. The molecule has 0 saturated heterocycles. The van der Waals surface area contributed by atoms with Crippen molar-refractivity contribution < 1.29 is 4.79 Å². The van der Waals surface area contributed by atoms with Gasteiger partial charge in [0.05, 0.1) is 0 Å². The standard InChI is InChI=1S/C11H13BrN2O/c1-3-8(2)13-14-11(15)9-4-6-10(12)7-5-9/h4-7H,3H2,1-2H3,(H,14,15). The number of carbonyl (C=O) groups excluding carboxylic acids is 1. The summed E-state index contributed by atoms with van der Waals surface area (Å²) in [5.41, 5.74) is 4.01. The van der Waals surface area contributed by atoms with Gasteiger partial charge >= 0.3 is 0 Å². The third-order valence-corrected chi connectivity index (χ3v) is 2.50. The van der Waals surface area contributed by atoms with Crippen LogP contribution in [0.3, 0.4) is 0 Å². The van der Waals surface area contributed by atoms with Gasteiger partial charge in [-0.25, -0.2) is 5.43 Å². The molecule has 0 unspecified atom stereocenters. The first-order chi connectivity index (χ1) is 7.13. The Labute approximate surface area is 97.7 Å². The quantitative estimate of drug-likeness (QED) is 0.665. The van der Waals surface area contributed by atoms with Gasteiger partial charge in [-0.1, -0.05) is 22.9 Å². The van der Waals surface area contributed by atoms with Gasteiger partial charge in [0.15, 0.2) is 0 Å². The minimum Gasteiger partial charge on any atom is -0.267 e. The first-order valence-corrected chi connectivity index (χ1v) is 5.52. The van der Waals surface area contributed by atoms with Gasteiger partial charge in [-0.05, 0) is 37.6 Å². The number of nitrogens with zero attached hydrogens (tertiary/aromatic N) is 1. The molecule has 0 radical (unpaired) electrons. The molecule has 3 nitrogen and oxygen atoms in total. The molecule has 1 aromatic carbocycles. The normalized spacial score (nSPS) is 11.3. The maximum Gasteiger partial charge on any atom is 0.271 e. The number of nitrogens with one attached hydrogen (secondary N) is 1. The van der Waals surface area contributed by atoms with E-state index in [0.717, 1.165) is 16.6 Å². The highest BCUT2D eigenvalue weighted by molar-refractivity contribution is 9.10. The van der Waals surface area contributed by atoms with E-state index in [-0.39, 0.29) is 5.91 Å². The van der Waals surface area contributed by atoms with Gasteiger partial charge in [0, 0.05) is 15.7 Å². The zero-order valence-corrected chi connectivity index (χ0v) is 10.3. The molecular formula is C11H13BrN2O. The number of carbonyl (C=O) groups is 1. The second kappa shape index (κ2) is 5.66. The average Bonchev–Trinajstić information content (AvgIpc) is 2.26. The van der Waals surface area contributed by atoms with Gasteiger partial charge in [0.1, 0.15) is 0 Å². The smallest absolute Gasteiger partial charge is 0.267 e. The number of halogens is 1. The van der Waals surface area contributed by atoms with Gasteiger partial charge in [-0.15, -0.1) is 0 Å². The molecule has 0 heterocycles. The third-order valence-electron chi connectivity index (χ3n) is 1.97. The summed E-state index contributed by atoms with van der Waals surface area (Å²) >= 11 is 3.31.